The highest BCUT2D eigenvalue weighted by molar-refractivity contribution is 5.95. The molecule has 0 radical (unpaired) electrons. The summed E-state index contributed by atoms with van der Waals surface area (Å²) in [7, 11) is 1.67. The summed E-state index contributed by atoms with van der Waals surface area (Å²) in [6, 6.07) is 23.6. The number of hydrogen-bond donors (Lipinski definition) is 1. The fraction of sp³-hybridized carbons (Fsp3) is 0.120. The van der Waals surface area contributed by atoms with Crippen molar-refractivity contribution in [2.45, 2.75) is 13.1 Å². The second-order valence-electron chi connectivity index (χ2n) is 7.67. The average Bonchev–Trinajstić information content (AvgIpc) is 3.26. The van der Waals surface area contributed by atoms with Crippen LogP contribution in [0.25, 0.3) is 0 Å². The molecule has 4 rings (SSSR count). The molecule has 8 nitrogen and oxygen atoms in total. The zero-order chi connectivity index (χ0) is 23.2. The minimum atomic E-state index is -0.490. The third-order valence-corrected chi connectivity index (χ3v) is 5.13. The van der Waals surface area contributed by atoms with Gasteiger partial charge < -0.3 is 10.2 Å². The molecule has 1 N–H and O–H groups in total. The SMILES string of the molecule is CN(Cc1cnn(Cc2ccccc2)c1)C(=O)c1ccc(Nc2ccccc2)c([N+](=O)[O-])c1. The van der Waals surface area contributed by atoms with Crippen LogP contribution in [0.3, 0.4) is 0 Å². The predicted molar refractivity (Wildman–Crippen MR) is 126 cm³/mol. The Hall–Kier alpha value is -4.46. The summed E-state index contributed by atoms with van der Waals surface area (Å²) >= 11 is 0. The van der Waals surface area contributed by atoms with Gasteiger partial charge in [0.25, 0.3) is 11.6 Å². The van der Waals surface area contributed by atoms with Crippen LogP contribution in [0, 0.1) is 10.1 Å². The molecule has 33 heavy (non-hydrogen) atoms. The molecule has 0 fully saturated rings. The lowest BCUT2D eigenvalue weighted by Gasteiger charge is -2.17. The van der Waals surface area contributed by atoms with E-state index in [1.807, 2.05) is 71.5 Å². The van der Waals surface area contributed by atoms with Gasteiger partial charge >= 0.3 is 0 Å². The quantitative estimate of drug-likeness (QED) is 0.311. The summed E-state index contributed by atoms with van der Waals surface area (Å²) in [5, 5.41) is 19.0. The van der Waals surface area contributed by atoms with Crippen molar-refractivity contribution in [3.05, 3.63) is 118 Å². The van der Waals surface area contributed by atoms with Crippen LogP contribution in [-0.4, -0.2) is 32.6 Å². The number of amides is 1. The first kappa shape index (κ1) is 21.8. The van der Waals surface area contributed by atoms with E-state index < -0.39 is 4.92 Å². The van der Waals surface area contributed by atoms with E-state index in [0.29, 0.717) is 18.8 Å². The van der Waals surface area contributed by atoms with Gasteiger partial charge in [0.15, 0.2) is 0 Å². The molecule has 8 heteroatoms. The number of para-hydroxylation sites is 1. The minimum absolute atomic E-state index is 0.159. The number of nitrogens with zero attached hydrogens (tertiary/aromatic N) is 4. The summed E-state index contributed by atoms with van der Waals surface area (Å²) in [6.07, 6.45) is 3.62. The number of carbonyl (C=O) groups excluding carboxylic acids is 1. The number of nitro groups is 1. The van der Waals surface area contributed by atoms with Gasteiger partial charge in [-0.15, -0.1) is 0 Å². The van der Waals surface area contributed by atoms with Crippen molar-refractivity contribution in [1.82, 2.24) is 14.7 Å². The van der Waals surface area contributed by atoms with Gasteiger partial charge in [-0.1, -0.05) is 48.5 Å². The van der Waals surface area contributed by atoms with Crippen LogP contribution in [0.5, 0.6) is 0 Å². The molecule has 0 saturated heterocycles. The van der Waals surface area contributed by atoms with E-state index in [9.17, 15) is 14.9 Å². The van der Waals surface area contributed by atoms with Gasteiger partial charge in [0.05, 0.1) is 17.7 Å². The number of anilines is 2. The van der Waals surface area contributed by atoms with Crippen LogP contribution in [0.1, 0.15) is 21.5 Å². The maximum absolute atomic E-state index is 12.9. The Kier molecular flexibility index (Phi) is 6.45. The first-order chi connectivity index (χ1) is 16.0. The minimum Gasteiger partial charge on any atom is -0.350 e. The summed E-state index contributed by atoms with van der Waals surface area (Å²) in [4.78, 5) is 25.6. The number of nitrogens with one attached hydrogen (secondary N) is 1. The highest BCUT2D eigenvalue weighted by atomic mass is 16.6. The lowest BCUT2D eigenvalue weighted by molar-refractivity contribution is -0.383. The number of carbonyl (C=O) groups is 1. The van der Waals surface area contributed by atoms with E-state index in [-0.39, 0.29) is 17.2 Å². The summed E-state index contributed by atoms with van der Waals surface area (Å²) in [5.74, 6) is -0.305. The summed E-state index contributed by atoms with van der Waals surface area (Å²) in [5.41, 5.74) is 3.15. The smallest absolute Gasteiger partial charge is 0.293 e. The van der Waals surface area contributed by atoms with E-state index in [2.05, 4.69) is 10.4 Å². The lowest BCUT2D eigenvalue weighted by Crippen LogP contribution is -2.26. The lowest BCUT2D eigenvalue weighted by atomic mass is 10.1. The molecular weight excluding hydrogens is 418 g/mol. The fourth-order valence-corrected chi connectivity index (χ4v) is 3.51. The Bertz CT molecular complexity index is 1260. The van der Waals surface area contributed by atoms with Crippen molar-refractivity contribution >= 4 is 23.0 Å². The molecule has 1 aromatic heterocycles. The maximum atomic E-state index is 12.9. The molecule has 3 aromatic carbocycles. The number of benzene rings is 3. The van der Waals surface area contributed by atoms with E-state index >= 15 is 0 Å². The molecule has 0 aliphatic heterocycles. The standard InChI is InChI=1S/C25H23N5O3/c1-28(16-20-15-26-29(18-20)17-19-8-4-2-5-9-19)25(31)21-12-13-23(24(14-21)30(32)33)27-22-10-6-3-7-11-22/h2-15,18,27H,16-17H2,1H3. The molecule has 0 unspecified atom stereocenters. The predicted octanol–water partition coefficient (Wildman–Crippen LogP) is 4.86. The molecule has 4 aromatic rings. The van der Waals surface area contributed by atoms with Crippen LogP contribution >= 0.6 is 0 Å². The largest absolute Gasteiger partial charge is 0.350 e. The van der Waals surface area contributed by atoms with Gasteiger partial charge in [-0.2, -0.15) is 5.10 Å². The van der Waals surface area contributed by atoms with Crippen LogP contribution in [0.4, 0.5) is 17.1 Å². The Morgan fingerprint density at radius 3 is 2.42 bits per heavy atom. The van der Waals surface area contributed by atoms with Crippen molar-refractivity contribution in [2.75, 3.05) is 12.4 Å². The van der Waals surface area contributed by atoms with Gasteiger partial charge in [-0.05, 0) is 29.8 Å². The van der Waals surface area contributed by atoms with Gasteiger partial charge in [-0.25, -0.2) is 0 Å². The van der Waals surface area contributed by atoms with Crippen molar-refractivity contribution < 1.29 is 9.72 Å². The molecule has 0 aliphatic carbocycles. The molecule has 0 atom stereocenters. The van der Waals surface area contributed by atoms with E-state index in [1.54, 1.807) is 25.4 Å². The number of aromatic nitrogens is 2. The fourth-order valence-electron chi connectivity index (χ4n) is 3.51. The normalized spacial score (nSPS) is 10.6. The number of nitro benzene ring substituents is 1. The number of rotatable bonds is 8. The Morgan fingerprint density at radius 2 is 1.73 bits per heavy atom. The van der Waals surface area contributed by atoms with Crippen molar-refractivity contribution in [2.24, 2.45) is 0 Å². The molecule has 1 heterocycles. The topological polar surface area (TPSA) is 93.3 Å². The Balaban J connectivity index is 1.46. The van der Waals surface area contributed by atoms with E-state index in [4.69, 9.17) is 0 Å². The number of hydrogen-bond acceptors (Lipinski definition) is 5. The first-order valence-corrected chi connectivity index (χ1v) is 10.4. The zero-order valence-corrected chi connectivity index (χ0v) is 18.1. The van der Waals surface area contributed by atoms with Crippen LogP contribution in [-0.2, 0) is 13.1 Å². The second kappa shape index (κ2) is 9.78. The Labute approximate surface area is 191 Å². The zero-order valence-electron chi connectivity index (χ0n) is 18.1. The third-order valence-electron chi connectivity index (χ3n) is 5.13. The van der Waals surface area contributed by atoms with Crippen LogP contribution < -0.4 is 5.32 Å². The maximum Gasteiger partial charge on any atom is 0.293 e. The highest BCUT2D eigenvalue weighted by Crippen LogP contribution is 2.29. The van der Waals surface area contributed by atoms with Crippen molar-refractivity contribution in [1.29, 1.82) is 0 Å². The molecule has 0 bridgehead atoms. The van der Waals surface area contributed by atoms with Gasteiger partial charge in [-0.3, -0.25) is 19.6 Å². The van der Waals surface area contributed by atoms with Gasteiger partial charge in [0.1, 0.15) is 5.69 Å². The third kappa shape index (κ3) is 5.43. The van der Waals surface area contributed by atoms with Crippen molar-refractivity contribution in [3.8, 4) is 0 Å². The van der Waals surface area contributed by atoms with E-state index in [0.717, 1.165) is 16.8 Å². The van der Waals surface area contributed by atoms with Crippen molar-refractivity contribution in [3.63, 3.8) is 0 Å². The molecule has 0 aliphatic rings. The highest BCUT2D eigenvalue weighted by Gasteiger charge is 2.20. The molecule has 0 saturated carbocycles. The van der Waals surface area contributed by atoms with Crippen LogP contribution in [0.15, 0.2) is 91.3 Å². The molecule has 1 amide bonds. The first-order valence-electron chi connectivity index (χ1n) is 10.4. The molecular formula is C25H23N5O3. The summed E-state index contributed by atoms with van der Waals surface area (Å²) < 4.78 is 1.82. The average molecular weight is 441 g/mol. The monoisotopic (exact) mass is 441 g/mol. The summed E-state index contributed by atoms with van der Waals surface area (Å²) in [6.45, 7) is 0.978. The second-order valence-corrected chi connectivity index (χ2v) is 7.67. The van der Waals surface area contributed by atoms with Gasteiger partial charge in [0.2, 0.25) is 0 Å². The molecule has 166 valence electrons. The molecule has 0 spiro atoms. The van der Waals surface area contributed by atoms with Gasteiger partial charge in [0, 0.05) is 42.7 Å². The van der Waals surface area contributed by atoms with Crippen LogP contribution in [0.2, 0.25) is 0 Å². The van der Waals surface area contributed by atoms with E-state index in [1.165, 1.54) is 11.0 Å². The Morgan fingerprint density at radius 1 is 1.03 bits per heavy atom.